The first-order chi connectivity index (χ1) is 8.74. The Morgan fingerprint density at radius 1 is 1.33 bits per heavy atom. The third kappa shape index (κ3) is 2.00. The first-order valence-electron chi connectivity index (χ1n) is 5.21. The zero-order valence-corrected chi connectivity index (χ0v) is 11.0. The molecular weight excluding hydrogens is 270 g/mol. The maximum absolute atomic E-state index is 5.99. The number of benzene rings is 1. The van der Waals surface area contributed by atoms with Crippen LogP contribution in [0.4, 0.5) is 0 Å². The maximum Gasteiger partial charge on any atom is 0.184 e. The zero-order chi connectivity index (χ0) is 12.5. The molecule has 18 heavy (non-hydrogen) atoms. The molecule has 90 valence electrons. The number of hydrogen-bond donors (Lipinski definition) is 0. The Labute approximate surface area is 112 Å². The van der Waals surface area contributed by atoms with Crippen molar-refractivity contribution in [3.63, 3.8) is 0 Å². The van der Waals surface area contributed by atoms with E-state index in [-0.39, 0.29) is 0 Å². The topological polar surface area (TPSA) is 56.5 Å². The number of halogens is 1. The van der Waals surface area contributed by atoms with Gasteiger partial charge in [-0.2, -0.15) is 5.10 Å². The van der Waals surface area contributed by atoms with Gasteiger partial charge in [0.25, 0.3) is 0 Å². The van der Waals surface area contributed by atoms with Crippen molar-refractivity contribution in [1.29, 1.82) is 0 Å². The van der Waals surface area contributed by atoms with E-state index in [2.05, 4.69) is 19.7 Å². The van der Waals surface area contributed by atoms with E-state index in [1.54, 1.807) is 4.68 Å². The summed E-state index contributed by atoms with van der Waals surface area (Å²) in [6, 6.07) is 7.44. The Kier molecular flexibility index (Phi) is 2.81. The summed E-state index contributed by atoms with van der Waals surface area (Å²) in [5, 5.41) is 10.9. The monoisotopic (exact) mass is 277 g/mol. The van der Waals surface area contributed by atoms with E-state index in [0.29, 0.717) is 22.4 Å². The summed E-state index contributed by atoms with van der Waals surface area (Å²) >= 11 is 7.27. The van der Waals surface area contributed by atoms with Crippen LogP contribution in [0.15, 0.2) is 29.6 Å². The van der Waals surface area contributed by atoms with E-state index < -0.39 is 0 Å². The second kappa shape index (κ2) is 4.47. The number of aromatic nitrogens is 5. The highest BCUT2D eigenvalue weighted by atomic mass is 35.5. The van der Waals surface area contributed by atoms with E-state index in [9.17, 15) is 0 Å². The van der Waals surface area contributed by atoms with Crippen LogP contribution in [0, 0.1) is 6.92 Å². The van der Waals surface area contributed by atoms with E-state index in [1.165, 1.54) is 11.5 Å². The molecular formula is C11H8ClN5S. The van der Waals surface area contributed by atoms with Gasteiger partial charge in [-0.3, -0.25) is 0 Å². The third-order valence-electron chi connectivity index (χ3n) is 2.35. The predicted molar refractivity (Wildman–Crippen MR) is 70.0 cm³/mol. The summed E-state index contributed by atoms with van der Waals surface area (Å²) in [4.78, 5) is 4.37. The molecule has 2 heterocycles. The molecule has 0 radical (unpaired) electrons. The van der Waals surface area contributed by atoms with Crippen molar-refractivity contribution in [2.24, 2.45) is 0 Å². The molecule has 0 bridgehead atoms. The zero-order valence-electron chi connectivity index (χ0n) is 9.41. The van der Waals surface area contributed by atoms with E-state index in [1.807, 2.05) is 36.6 Å². The predicted octanol–water partition coefficient (Wildman–Crippen LogP) is 2.75. The second-order valence-corrected chi connectivity index (χ2v) is 4.71. The molecule has 5 nitrogen and oxygen atoms in total. The Hall–Kier alpha value is -1.79. The number of hydrogen-bond acceptors (Lipinski definition) is 5. The van der Waals surface area contributed by atoms with Gasteiger partial charge in [0.15, 0.2) is 5.82 Å². The van der Waals surface area contributed by atoms with Crippen molar-refractivity contribution >= 4 is 23.1 Å². The molecule has 0 atom stereocenters. The minimum atomic E-state index is 0.656. The molecule has 0 spiro atoms. The van der Waals surface area contributed by atoms with Crippen molar-refractivity contribution in [2.75, 3.05) is 0 Å². The van der Waals surface area contributed by atoms with Gasteiger partial charge in [0.1, 0.15) is 11.5 Å². The van der Waals surface area contributed by atoms with Crippen molar-refractivity contribution in [2.45, 2.75) is 6.92 Å². The van der Waals surface area contributed by atoms with Crippen LogP contribution < -0.4 is 0 Å². The van der Waals surface area contributed by atoms with Crippen LogP contribution in [0.1, 0.15) is 5.82 Å². The summed E-state index contributed by atoms with van der Waals surface area (Å²) in [5.41, 5.74) is 1.56. The van der Waals surface area contributed by atoms with E-state index in [4.69, 9.17) is 11.6 Å². The SMILES string of the molecule is Cc1nc(-c2csnn2)n(-c2cccc(Cl)c2)n1. The number of aryl methyl sites for hydroxylation is 1. The molecule has 1 aromatic carbocycles. The van der Waals surface area contributed by atoms with E-state index in [0.717, 1.165) is 5.69 Å². The first kappa shape index (κ1) is 11.3. The normalized spacial score (nSPS) is 10.8. The third-order valence-corrected chi connectivity index (χ3v) is 3.09. The molecule has 3 aromatic rings. The summed E-state index contributed by atoms with van der Waals surface area (Å²) in [6.07, 6.45) is 0. The van der Waals surface area contributed by atoms with Gasteiger partial charge >= 0.3 is 0 Å². The fourth-order valence-corrected chi connectivity index (χ4v) is 2.25. The van der Waals surface area contributed by atoms with Crippen molar-refractivity contribution < 1.29 is 0 Å². The average molecular weight is 278 g/mol. The lowest BCUT2D eigenvalue weighted by atomic mass is 10.3. The lowest BCUT2D eigenvalue weighted by Gasteiger charge is -2.03. The van der Waals surface area contributed by atoms with Gasteiger partial charge in [-0.15, -0.1) is 5.10 Å². The van der Waals surface area contributed by atoms with Gasteiger partial charge < -0.3 is 0 Å². The molecule has 0 N–H and O–H groups in total. The summed E-state index contributed by atoms with van der Waals surface area (Å²) in [5.74, 6) is 1.35. The molecule has 0 unspecified atom stereocenters. The van der Waals surface area contributed by atoms with Gasteiger partial charge in [0.05, 0.1) is 5.69 Å². The molecule has 7 heteroatoms. The van der Waals surface area contributed by atoms with Crippen LogP contribution in [0.25, 0.3) is 17.2 Å². The summed E-state index contributed by atoms with van der Waals surface area (Å²) in [6.45, 7) is 1.84. The average Bonchev–Trinajstić information content (AvgIpc) is 2.97. The first-order valence-corrected chi connectivity index (χ1v) is 6.42. The second-order valence-electron chi connectivity index (χ2n) is 3.66. The highest BCUT2D eigenvalue weighted by Crippen LogP contribution is 2.21. The fraction of sp³-hybridized carbons (Fsp3) is 0.0909. The van der Waals surface area contributed by atoms with Gasteiger partial charge in [-0.25, -0.2) is 9.67 Å². The molecule has 0 aliphatic rings. The van der Waals surface area contributed by atoms with Gasteiger partial charge in [-0.05, 0) is 36.7 Å². The van der Waals surface area contributed by atoms with Crippen molar-refractivity contribution in [3.8, 4) is 17.2 Å². The van der Waals surface area contributed by atoms with Crippen LogP contribution in [0.2, 0.25) is 5.02 Å². The standard InChI is InChI=1S/C11H8ClN5S/c1-7-13-11(10-6-18-16-14-10)17(15-7)9-4-2-3-8(12)5-9/h2-6H,1H3. The Morgan fingerprint density at radius 2 is 2.22 bits per heavy atom. The molecule has 0 aliphatic carbocycles. The van der Waals surface area contributed by atoms with Crippen LogP contribution in [0.3, 0.4) is 0 Å². The molecule has 0 aliphatic heterocycles. The van der Waals surface area contributed by atoms with Crippen molar-refractivity contribution in [1.82, 2.24) is 24.4 Å². The molecule has 0 saturated carbocycles. The van der Waals surface area contributed by atoms with Gasteiger partial charge in [0, 0.05) is 10.4 Å². The Bertz CT molecular complexity index is 677. The molecule has 0 fully saturated rings. The Balaban J connectivity index is 2.18. The molecule has 0 amide bonds. The van der Waals surface area contributed by atoms with Crippen molar-refractivity contribution in [3.05, 3.63) is 40.5 Å². The molecule has 3 rings (SSSR count). The van der Waals surface area contributed by atoms with Crippen LogP contribution >= 0.6 is 23.1 Å². The quantitative estimate of drug-likeness (QED) is 0.723. The van der Waals surface area contributed by atoms with Crippen LogP contribution in [-0.4, -0.2) is 24.4 Å². The van der Waals surface area contributed by atoms with Crippen LogP contribution in [0.5, 0.6) is 0 Å². The maximum atomic E-state index is 5.99. The largest absolute Gasteiger partial charge is 0.211 e. The number of rotatable bonds is 2. The molecule has 0 saturated heterocycles. The Morgan fingerprint density at radius 3 is 2.94 bits per heavy atom. The van der Waals surface area contributed by atoms with Gasteiger partial charge in [-0.1, -0.05) is 22.2 Å². The minimum absolute atomic E-state index is 0.656. The summed E-state index contributed by atoms with van der Waals surface area (Å²) < 4.78 is 5.56. The fourth-order valence-electron chi connectivity index (χ4n) is 1.63. The lowest BCUT2D eigenvalue weighted by Crippen LogP contribution is -1.99. The highest BCUT2D eigenvalue weighted by Gasteiger charge is 2.13. The van der Waals surface area contributed by atoms with Gasteiger partial charge in [0.2, 0.25) is 0 Å². The number of nitrogens with zero attached hydrogens (tertiary/aromatic N) is 5. The van der Waals surface area contributed by atoms with Crippen LogP contribution in [-0.2, 0) is 0 Å². The lowest BCUT2D eigenvalue weighted by molar-refractivity contribution is 0.865. The smallest absolute Gasteiger partial charge is 0.184 e. The minimum Gasteiger partial charge on any atom is -0.211 e. The highest BCUT2D eigenvalue weighted by molar-refractivity contribution is 7.03. The summed E-state index contributed by atoms with van der Waals surface area (Å²) in [7, 11) is 0. The molecule has 2 aromatic heterocycles. The van der Waals surface area contributed by atoms with E-state index >= 15 is 0 Å².